The first-order valence-corrected chi connectivity index (χ1v) is 6.39. The summed E-state index contributed by atoms with van der Waals surface area (Å²) in [5, 5.41) is 14.8. The Labute approximate surface area is 105 Å². The quantitative estimate of drug-likeness (QED) is 0.686. The van der Waals surface area contributed by atoms with Crippen molar-refractivity contribution in [2.24, 2.45) is 0 Å². The number of fused-ring (bicyclic) bond motifs is 2. The fourth-order valence-corrected chi connectivity index (χ4v) is 2.94. The monoisotopic (exact) mass is 242 g/mol. The first kappa shape index (κ1) is 10.7. The van der Waals surface area contributed by atoms with Crippen LogP contribution in [0.25, 0.3) is 0 Å². The first-order valence-electron chi connectivity index (χ1n) is 5.58. The molecule has 0 spiro atoms. The summed E-state index contributed by atoms with van der Waals surface area (Å²) in [4.78, 5) is 2.33. The van der Waals surface area contributed by atoms with E-state index in [1.807, 2.05) is 30.3 Å². The molecular formula is C14H12NOS. The van der Waals surface area contributed by atoms with Crippen molar-refractivity contribution in [3.05, 3.63) is 48.0 Å². The van der Waals surface area contributed by atoms with Crippen molar-refractivity contribution >= 4 is 23.1 Å². The number of rotatable bonds is 1. The van der Waals surface area contributed by atoms with Gasteiger partial charge in [-0.1, -0.05) is 30.0 Å². The zero-order chi connectivity index (χ0) is 11.8. The molecule has 1 aliphatic heterocycles. The molecule has 2 aromatic rings. The van der Waals surface area contributed by atoms with Crippen molar-refractivity contribution < 1.29 is 5.11 Å². The smallest absolute Gasteiger partial charge is 0.115 e. The lowest BCUT2D eigenvalue weighted by atomic mass is 10.1. The number of nitrogens with one attached hydrogen (secondary N) is 1. The van der Waals surface area contributed by atoms with Crippen LogP contribution in [0.2, 0.25) is 0 Å². The molecule has 3 rings (SSSR count). The Kier molecular flexibility index (Phi) is 2.57. The van der Waals surface area contributed by atoms with Gasteiger partial charge in [0.1, 0.15) is 6.10 Å². The van der Waals surface area contributed by atoms with Gasteiger partial charge in [0.2, 0.25) is 0 Å². The molecule has 1 aliphatic rings. The SMILES string of the molecule is CC([O])c1ccc2c(c1)Sc1ccccc1N2. The van der Waals surface area contributed by atoms with Crippen LogP contribution in [-0.2, 0) is 5.11 Å². The van der Waals surface area contributed by atoms with Gasteiger partial charge in [0.15, 0.2) is 0 Å². The van der Waals surface area contributed by atoms with Crippen LogP contribution < -0.4 is 5.32 Å². The van der Waals surface area contributed by atoms with E-state index in [1.54, 1.807) is 18.7 Å². The summed E-state index contributed by atoms with van der Waals surface area (Å²) >= 11 is 1.71. The summed E-state index contributed by atoms with van der Waals surface area (Å²) in [5.41, 5.74) is 3.06. The molecule has 3 heteroatoms. The number of hydrogen-bond donors (Lipinski definition) is 1. The van der Waals surface area contributed by atoms with Gasteiger partial charge in [-0.25, -0.2) is 5.11 Å². The van der Waals surface area contributed by atoms with Crippen LogP contribution in [0.15, 0.2) is 52.3 Å². The summed E-state index contributed by atoms with van der Waals surface area (Å²) in [6, 6.07) is 14.1. The number of anilines is 2. The van der Waals surface area contributed by atoms with Crippen LogP contribution >= 0.6 is 11.8 Å². The third-order valence-electron chi connectivity index (χ3n) is 2.85. The Morgan fingerprint density at radius 3 is 2.65 bits per heavy atom. The van der Waals surface area contributed by atoms with Crippen LogP contribution in [0.4, 0.5) is 11.4 Å². The highest BCUT2D eigenvalue weighted by Gasteiger charge is 2.16. The molecule has 0 saturated carbocycles. The van der Waals surface area contributed by atoms with Crippen LogP contribution in [0.5, 0.6) is 0 Å². The molecule has 0 saturated heterocycles. The van der Waals surface area contributed by atoms with Crippen molar-refractivity contribution in [1.29, 1.82) is 0 Å². The minimum Gasteiger partial charge on any atom is -0.354 e. The molecule has 17 heavy (non-hydrogen) atoms. The van der Waals surface area contributed by atoms with Gasteiger partial charge in [0.05, 0.1) is 11.4 Å². The molecule has 1 atom stereocenters. The Bertz CT molecular complexity index is 566. The number of hydrogen-bond acceptors (Lipinski definition) is 2. The first-order chi connectivity index (χ1) is 8.24. The van der Waals surface area contributed by atoms with Crippen LogP contribution in [0.3, 0.4) is 0 Å². The Balaban J connectivity index is 2.03. The minimum absolute atomic E-state index is 0.668. The summed E-state index contributed by atoms with van der Waals surface area (Å²) < 4.78 is 0. The molecule has 0 amide bonds. The van der Waals surface area contributed by atoms with E-state index in [0.29, 0.717) is 0 Å². The minimum atomic E-state index is -0.668. The standard InChI is InChI=1S/C14H12NOS/c1-9(16)10-6-7-12-14(8-10)17-13-5-3-2-4-11(13)15-12/h2-9,15H,1H3. The fourth-order valence-electron chi connectivity index (χ4n) is 1.90. The van der Waals surface area contributed by atoms with E-state index in [0.717, 1.165) is 21.8 Å². The van der Waals surface area contributed by atoms with E-state index in [4.69, 9.17) is 0 Å². The summed E-state index contributed by atoms with van der Waals surface area (Å²) in [7, 11) is 0. The molecule has 0 aromatic heterocycles. The molecule has 1 N–H and O–H groups in total. The molecule has 85 valence electrons. The Hall–Kier alpha value is -1.45. The van der Waals surface area contributed by atoms with E-state index in [1.165, 1.54) is 4.90 Å². The zero-order valence-corrected chi connectivity index (χ0v) is 10.3. The normalized spacial score (nSPS) is 14.5. The third kappa shape index (κ3) is 1.92. The lowest BCUT2D eigenvalue weighted by Gasteiger charge is -2.21. The van der Waals surface area contributed by atoms with Crippen LogP contribution in [0.1, 0.15) is 18.6 Å². The molecule has 1 radical (unpaired) electrons. The lowest BCUT2D eigenvalue weighted by molar-refractivity contribution is 0.106. The van der Waals surface area contributed by atoms with E-state index in [9.17, 15) is 5.11 Å². The highest BCUT2D eigenvalue weighted by molar-refractivity contribution is 7.99. The van der Waals surface area contributed by atoms with E-state index < -0.39 is 6.10 Å². The Morgan fingerprint density at radius 2 is 1.82 bits per heavy atom. The van der Waals surface area contributed by atoms with Crippen molar-refractivity contribution in [2.75, 3.05) is 5.32 Å². The number of benzene rings is 2. The van der Waals surface area contributed by atoms with Crippen LogP contribution in [0, 0.1) is 0 Å². The average Bonchev–Trinajstić information content (AvgIpc) is 2.35. The van der Waals surface area contributed by atoms with Crippen molar-refractivity contribution in [3.8, 4) is 0 Å². The maximum absolute atomic E-state index is 11.4. The Morgan fingerprint density at radius 1 is 1.06 bits per heavy atom. The molecule has 2 aromatic carbocycles. The summed E-state index contributed by atoms with van der Waals surface area (Å²) in [6.45, 7) is 1.68. The lowest BCUT2D eigenvalue weighted by Crippen LogP contribution is -2.00. The summed E-state index contributed by atoms with van der Waals surface area (Å²) in [5.74, 6) is 0. The predicted molar refractivity (Wildman–Crippen MR) is 69.4 cm³/mol. The second-order valence-electron chi connectivity index (χ2n) is 4.12. The van der Waals surface area contributed by atoms with Gasteiger partial charge in [-0.2, -0.15) is 0 Å². The average molecular weight is 242 g/mol. The van der Waals surface area contributed by atoms with Gasteiger partial charge < -0.3 is 5.32 Å². The topological polar surface area (TPSA) is 31.9 Å². The van der Waals surface area contributed by atoms with E-state index in [-0.39, 0.29) is 0 Å². The van der Waals surface area contributed by atoms with Gasteiger partial charge in [-0.3, -0.25) is 0 Å². The van der Waals surface area contributed by atoms with Gasteiger partial charge >= 0.3 is 0 Å². The molecule has 2 nitrogen and oxygen atoms in total. The third-order valence-corrected chi connectivity index (χ3v) is 3.98. The van der Waals surface area contributed by atoms with Gasteiger partial charge in [0, 0.05) is 9.79 Å². The second-order valence-corrected chi connectivity index (χ2v) is 5.20. The highest BCUT2D eigenvalue weighted by Crippen LogP contribution is 2.44. The van der Waals surface area contributed by atoms with E-state index in [2.05, 4.69) is 17.4 Å². The fraction of sp³-hybridized carbons (Fsp3) is 0.143. The molecule has 0 fully saturated rings. The van der Waals surface area contributed by atoms with Gasteiger partial charge in [-0.15, -0.1) is 0 Å². The van der Waals surface area contributed by atoms with Crippen molar-refractivity contribution in [2.45, 2.75) is 22.8 Å². The summed E-state index contributed by atoms with van der Waals surface area (Å²) in [6.07, 6.45) is -0.668. The maximum Gasteiger partial charge on any atom is 0.115 e. The zero-order valence-electron chi connectivity index (χ0n) is 9.44. The largest absolute Gasteiger partial charge is 0.354 e. The molecule has 0 bridgehead atoms. The van der Waals surface area contributed by atoms with Crippen molar-refractivity contribution in [3.63, 3.8) is 0 Å². The maximum atomic E-state index is 11.4. The number of para-hydroxylation sites is 1. The second kappa shape index (κ2) is 4.09. The van der Waals surface area contributed by atoms with Crippen LogP contribution in [-0.4, -0.2) is 0 Å². The highest BCUT2D eigenvalue weighted by atomic mass is 32.2. The van der Waals surface area contributed by atoms with E-state index >= 15 is 0 Å². The molecule has 0 aliphatic carbocycles. The van der Waals surface area contributed by atoms with Gasteiger partial charge in [0.25, 0.3) is 0 Å². The van der Waals surface area contributed by atoms with Crippen molar-refractivity contribution in [1.82, 2.24) is 0 Å². The van der Waals surface area contributed by atoms with Gasteiger partial charge in [-0.05, 0) is 36.8 Å². The molecular weight excluding hydrogens is 230 g/mol. The predicted octanol–water partition coefficient (Wildman–Crippen LogP) is 4.39. The molecule has 1 unspecified atom stereocenters. The molecule has 1 heterocycles.